The van der Waals surface area contributed by atoms with E-state index in [1.165, 1.54) is 12.1 Å². The largest absolute Gasteiger partial charge is 0.490 e. The Kier molecular flexibility index (Phi) is 3.03. The van der Waals surface area contributed by atoms with Crippen molar-refractivity contribution >= 4 is 6.29 Å². The Morgan fingerprint density at radius 3 is 2.58 bits per heavy atom. The van der Waals surface area contributed by atoms with E-state index in [9.17, 15) is 9.18 Å². The summed E-state index contributed by atoms with van der Waals surface area (Å²) in [5, 5.41) is 0. The van der Waals surface area contributed by atoms with Crippen molar-refractivity contribution in [3.63, 3.8) is 0 Å². The zero-order valence-electron chi connectivity index (χ0n) is 10.3. The minimum Gasteiger partial charge on any atom is -0.490 e. The van der Waals surface area contributed by atoms with Crippen LogP contribution in [0.4, 0.5) is 4.39 Å². The maximum absolute atomic E-state index is 13.6. The summed E-state index contributed by atoms with van der Waals surface area (Å²) >= 11 is 0. The van der Waals surface area contributed by atoms with Gasteiger partial charge in [-0.2, -0.15) is 0 Å². The Bertz CT molecular complexity index is 618. The van der Waals surface area contributed by atoms with Crippen LogP contribution in [0.3, 0.4) is 0 Å². The third kappa shape index (κ3) is 2.65. The molecule has 0 aromatic heterocycles. The Hall–Kier alpha value is -2.16. The van der Waals surface area contributed by atoms with E-state index in [0.717, 1.165) is 29.7 Å². The van der Waals surface area contributed by atoms with E-state index in [-0.39, 0.29) is 5.56 Å². The molecule has 96 valence electrons. The van der Waals surface area contributed by atoms with Gasteiger partial charge in [0.15, 0.2) is 6.29 Å². The van der Waals surface area contributed by atoms with Crippen LogP contribution in [-0.2, 0) is 0 Å². The van der Waals surface area contributed by atoms with Crippen molar-refractivity contribution in [2.24, 2.45) is 0 Å². The minimum atomic E-state index is -0.499. The van der Waals surface area contributed by atoms with Crippen molar-refractivity contribution in [3.8, 4) is 16.9 Å². The molecule has 0 atom stereocenters. The number of ether oxygens (including phenoxy) is 1. The summed E-state index contributed by atoms with van der Waals surface area (Å²) in [5.74, 6) is 0.306. The molecule has 2 aromatic carbocycles. The SMILES string of the molecule is O=Cc1ccc(-c2cccc(OC3CC3)c2)cc1F. The minimum absolute atomic E-state index is 0.0779. The number of hydrogen-bond acceptors (Lipinski definition) is 2. The van der Waals surface area contributed by atoms with E-state index in [1.54, 1.807) is 6.07 Å². The lowest BCUT2D eigenvalue weighted by molar-refractivity contribution is 0.112. The Balaban J connectivity index is 1.91. The van der Waals surface area contributed by atoms with E-state index in [4.69, 9.17) is 4.74 Å². The molecule has 1 fully saturated rings. The molecule has 0 saturated heterocycles. The van der Waals surface area contributed by atoms with Gasteiger partial charge < -0.3 is 4.74 Å². The fourth-order valence-electron chi connectivity index (χ4n) is 1.93. The number of rotatable bonds is 4. The molecule has 19 heavy (non-hydrogen) atoms. The summed E-state index contributed by atoms with van der Waals surface area (Å²) in [6.07, 6.45) is 3.07. The van der Waals surface area contributed by atoms with Crippen LogP contribution in [0.1, 0.15) is 23.2 Å². The van der Waals surface area contributed by atoms with Gasteiger partial charge in [0.2, 0.25) is 0 Å². The van der Waals surface area contributed by atoms with Gasteiger partial charge in [-0.3, -0.25) is 4.79 Å². The molecular formula is C16H13FO2. The summed E-state index contributed by atoms with van der Waals surface area (Å²) in [6, 6.07) is 12.2. The van der Waals surface area contributed by atoms with Gasteiger partial charge in [0.05, 0.1) is 11.7 Å². The van der Waals surface area contributed by atoms with Crippen molar-refractivity contribution < 1.29 is 13.9 Å². The molecule has 0 bridgehead atoms. The second-order valence-corrected chi connectivity index (χ2v) is 4.70. The monoisotopic (exact) mass is 256 g/mol. The fraction of sp³-hybridized carbons (Fsp3) is 0.188. The first-order valence-electron chi connectivity index (χ1n) is 6.28. The molecule has 0 amide bonds. The van der Waals surface area contributed by atoms with Crippen LogP contribution in [0, 0.1) is 5.82 Å². The van der Waals surface area contributed by atoms with Crippen molar-refractivity contribution in [1.82, 2.24) is 0 Å². The molecule has 0 aliphatic heterocycles. The molecule has 0 N–H and O–H groups in total. The first kappa shape index (κ1) is 11.9. The van der Waals surface area contributed by atoms with Gasteiger partial charge in [-0.1, -0.05) is 18.2 Å². The summed E-state index contributed by atoms with van der Waals surface area (Å²) in [6.45, 7) is 0. The standard InChI is InChI=1S/C16H13FO2/c17-16-9-12(4-5-13(16)10-18)11-2-1-3-15(8-11)19-14-6-7-14/h1-5,8-10,14H,6-7H2. The second kappa shape index (κ2) is 4.84. The summed E-state index contributed by atoms with van der Waals surface area (Å²) in [7, 11) is 0. The highest BCUT2D eigenvalue weighted by Gasteiger charge is 2.23. The van der Waals surface area contributed by atoms with Crippen molar-refractivity contribution in [2.75, 3.05) is 0 Å². The zero-order chi connectivity index (χ0) is 13.2. The second-order valence-electron chi connectivity index (χ2n) is 4.70. The van der Waals surface area contributed by atoms with Crippen molar-refractivity contribution in [2.45, 2.75) is 18.9 Å². The molecule has 0 heterocycles. The van der Waals surface area contributed by atoms with Gasteiger partial charge in [0.1, 0.15) is 11.6 Å². The highest BCUT2D eigenvalue weighted by molar-refractivity contribution is 5.77. The molecule has 2 nitrogen and oxygen atoms in total. The molecule has 0 unspecified atom stereocenters. The van der Waals surface area contributed by atoms with Crippen molar-refractivity contribution in [3.05, 3.63) is 53.8 Å². The van der Waals surface area contributed by atoms with Crippen LogP contribution in [0.2, 0.25) is 0 Å². The number of hydrogen-bond donors (Lipinski definition) is 0. The van der Waals surface area contributed by atoms with Crippen LogP contribution in [0.25, 0.3) is 11.1 Å². The van der Waals surface area contributed by atoms with Gasteiger partial charge in [-0.25, -0.2) is 4.39 Å². The van der Waals surface area contributed by atoms with E-state index in [0.29, 0.717) is 12.4 Å². The molecule has 1 saturated carbocycles. The number of carbonyl (C=O) groups is 1. The zero-order valence-corrected chi connectivity index (χ0v) is 10.3. The lowest BCUT2D eigenvalue weighted by Crippen LogP contribution is -1.95. The summed E-state index contributed by atoms with van der Waals surface area (Å²) in [5.41, 5.74) is 1.70. The molecule has 0 spiro atoms. The number of carbonyl (C=O) groups excluding carboxylic acids is 1. The Morgan fingerprint density at radius 2 is 1.89 bits per heavy atom. The van der Waals surface area contributed by atoms with Crippen LogP contribution in [-0.4, -0.2) is 12.4 Å². The normalized spacial score (nSPS) is 14.2. The van der Waals surface area contributed by atoms with E-state index in [1.807, 2.05) is 24.3 Å². The Morgan fingerprint density at radius 1 is 1.11 bits per heavy atom. The molecule has 1 aliphatic rings. The summed E-state index contributed by atoms with van der Waals surface area (Å²) in [4.78, 5) is 10.6. The quantitative estimate of drug-likeness (QED) is 0.777. The molecule has 3 rings (SSSR count). The molecule has 2 aromatic rings. The van der Waals surface area contributed by atoms with Crippen molar-refractivity contribution in [1.29, 1.82) is 0 Å². The molecule has 0 radical (unpaired) electrons. The van der Waals surface area contributed by atoms with Gasteiger partial charge in [0, 0.05) is 0 Å². The first-order valence-corrected chi connectivity index (χ1v) is 6.28. The van der Waals surface area contributed by atoms with Crippen LogP contribution in [0.5, 0.6) is 5.75 Å². The van der Waals surface area contributed by atoms with Gasteiger partial charge in [0.25, 0.3) is 0 Å². The van der Waals surface area contributed by atoms with Gasteiger partial charge in [-0.05, 0) is 48.2 Å². The Labute approximate surface area is 110 Å². The lowest BCUT2D eigenvalue weighted by Gasteiger charge is -2.07. The van der Waals surface area contributed by atoms with Gasteiger partial charge in [-0.15, -0.1) is 0 Å². The highest BCUT2D eigenvalue weighted by Crippen LogP contribution is 2.30. The van der Waals surface area contributed by atoms with E-state index >= 15 is 0 Å². The smallest absolute Gasteiger partial charge is 0.152 e. The third-order valence-corrected chi connectivity index (χ3v) is 3.12. The third-order valence-electron chi connectivity index (χ3n) is 3.12. The number of benzene rings is 2. The average molecular weight is 256 g/mol. The van der Waals surface area contributed by atoms with Crippen LogP contribution >= 0.6 is 0 Å². The summed E-state index contributed by atoms with van der Waals surface area (Å²) < 4.78 is 19.3. The number of halogens is 1. The lowest BCUT2D eigenvalue weighted by atomic mass is 10.0. The average Bonchev–Trinajstić information content (AvgIpc) is 3.23. The van der Waals surface area contributed by atoms with E-state index < -0.39 is 5.82 Å². The maximum Gasteiger partial charge on any atom is 0.152 e. The molecule has 3 heteroatoms. The van der Waals surface area contributed by atoms with Crippen LogP contribution in [0.15, 0.2) is 42.5 Å². The highest BCUT2D eigenvalue weighted by atomic mass is 19.1. The van der Waals surface area contributed by atoms with Crippen LogP contribution < -0.4 is 4.74 Å². The number of aldehydes is 1. The van der Waals surface area contributed by atoms with Gasteiger partial charge >= 0.3 is 0 Å². The molecular weight excluding hydrogens is 243 g/mol. The predicted octanol–water partition coefficient (Wildman–Crippen LogP) is 3.85. The molecule has 1 aliphatic carbocycles. The first-order chi connectivity index (χ1) is 9.26. The predicted molar refractivity (Wildman–Crippen MR) is 70.9 cm³/mol. The fourth-order valence-corrected chi connectivity index (χ4v) is 1.93. The maximum atomic E-state index is 13.6. The topological polar surface area (TPSA) is 26.3 Å². The van der Waals surface area contributed by atoms with E-state index in [2.05, 4.69) is 0 Å².